The number of rotatable bonds is 7. The standard InChI is InChI=1S/C21H23N3O3S/c1-5-24(17-10-8-7-9-11-17)20(25)15(4)28-19-16(13-22)12-18(14(3)23-19)21(26)27-6-2/h7-12,15H,5-6H2,1-4H3/t15-/m1/s1. The lowest BCUT2D eigenvalue weighted by atomic mass is 10.1. The van der Waals surface area contributed by atoms with Crippen LogP contribution in [0.2, 0.25) is 0 Å². The van der Waals surface area contributed by atoms with E-state index in [1.807, 2.05) is 37.3 Å². The average molecular weight is 398 g/mol. The van der Waals surface area contributed by atoms with Gasteiger partial charge in [0.25, 0.3) is 0 Å². The van der Waals surface area contributed by atoms with Crippen LogP contribution in [0.15, 0.2) is 41.4 Å². The first kappa shape index (κ1) is 21.5. The molecule has 2 rings (SSSR count). The molecule has 0 bridgehead atoms. The van der Waals surface area contributed by atoms with E-state index in [0.717, 1.165) is 5.69 Å². The summed E-state index contributed by atoms with van der Waals surface area (Å²) in [5.74, 6) is -0.581. The van der Waals surface area contributed by atoms with Gasteiger partial charge in [-0.3, -0.25) is 4.79 Å². The molecule has 0 radical (unpaired) electrons. The van der Waals surface area contributed by atoms with E-state index in [-0.39, 0.29) is 23.6 Å². The Morgan fingerprint density at radius 3 is 2.54 bits per heavy atom. The van der Waals surface area contributed by atoms with Gasteiger partial charge in [0, 0.05) is 12.2 Å². The number of pyridine rings is 1. The van der Waals surface area contributed by atoms with Crippen LogP contribution < -0.4 is 4.90 Å². The first-order valence-corrected chi connectivity index (χ1v) is 9.92. The minimum absolute atomic E-state index is 0.0727. The predicted molar refractivity (Wildman–Crippen MR) is 109 cm³/mol. The topological polar surface area (TPSA) is 83.3 Å². The highest BCUT2D eigenvalue weighted by molar-refractivity contribution is 8.00. The lowest BCUT2D eigenvalue weighted by Gasteiger charge is -2.24. The number of thioether (sulfide) groups is 1. The third kappa shape index (κ3) is 4.90. The van der Waals surface area contributed by atoms with Crippen molar-refractivity contribution in [2.24, 2.45) is 0 Å². The molecule has 1 amide bonds. The molecule has 28 heavy (non-hydrogen) atoms. The summed E-state index contributed by atoms with van der Waals surface area (Å²) in [6, 6.07) is 13.0. The molecule has 2 aromatic rings. The summed E-state index contributed by atoms with van der Waals surface area (Å²) in [5, 5.41) is 9.46. The van der Waals surface area contributed by atoms with Crippen molar-refractivity contribution in [3.63, 3.8) is 0 Å². The summed E-state index contributed by atoms with van der Waals surface area (Å²) < 4.78 is 5.01. The Labute approximate surface area is 169 Å². The fourth-order valence-corrected chi connectivity index (χ4v) is 3.66. The Balaban J connectivity index is 2.26. The summed E-state index contributed by atoms with van der Waals surface area (Å²) in [5.41, 5.74) is 1.81. The van der Waals surface area contributed by atoms with E-state index in [1.54, 1.807) is 25.7 Å². The molecule has 1 aromatic heterocycles. The number of para-hydroxylation sites is 1. The largest absolute Gasteiger partial charge is 0.462 e. The number of nitrogens with zero attached hydrogens (tertiary/aromatic N) is 3. The number of amides is 1. The van der Waals surface area contributed by atoms with Crippen LogP contribution in [-0.4, -0.2) is 35.3 Å². The Morgan fingerprint density at radius 2 is 1.96 bits per heavy atom. The van der Waals surface area contributed by atoms with Crippen molar-refractivity contribution in [3.05, 3.63) is 53.2 Å². The lowest BCUT2D eigenvalue weighted by Crippen LogP contribution is -2.36. The van der Waals surface area contributed by atoms with Crippen LogP contribution in [-0.2, 0) is 9.53 Å². The highest BCUT2D eigenvalue weighted by atomic mass is 32.2. The smallest absolute Gasteiger partial charge is 0.340 e. The lowest BCUT2D eigenvalue weighted by molar-refractivity contribution is -0.117. The molecule has 7 heteroatoms. The number of aryl methyl sites for hydroxylation is 1. The van der Waals surface area contributed by atoms with Gasteiger partial charge in [-0.25, -0.2) is 9.78 Å². The van der Waals surface area contributed by atoms with E-state index in [1.165, 1.54) is 17.8 Å². The van der Waals surface area contributed by atoms with E-state index in [4.69, 9.17) is 4.74 Å². The highest BCUT2D eigenvalue weighted by Gasteiger charge is 2.24. The third-order valence-electron chi connectivity index (χ3n) is 4.08. The van der Waals surface area contributed by atoms with Crippen LogP contribution in [0.1, 0.15) is 42.4 Å². The maximum absolute atomic E-state index is 12.9. The molecule has 0 N–H and O–H groups in total. The van der Waals surface area contributed by atoms with Crippen LogP contribution >= 0.6 is 11.8 Å². The number of benzene rings is 1. The van der Waals surface area contributed by atoms with Crippen LogP contribution in [0.25, 0.3) is 0 Å². The number of anilines is 1. The number of esters is 1. The third-order valence-corrected chi connectivity index (χ3v) is 5.17. The number of carbonyl (C=O) groups is 2. The SMILES string of the molecule is CCOC(=O)c1cc(C#N)c(S[C@H](C)C(=O)N(CC)c2ccccc2)nc1C. The van der Waals surface area contributed by atoms with Crippen molar-refractivity contribution in [2.45, 2.75) is 38.0 Å². The second kappa shape index (κ2) is 9.90. The van der Waals surface area contributed by atoms with Crippen molar-refractivity contribution in [2.75, 3.05) is 18.1 Å². The fraction of sp³-hybridized carbons (Fsp3) is 0.333. The summed E-state index contributed by atoms with van der Waals surface area (Å²) in [6.07, 6.45) is 0. The zero-order chi connectivity index (χ0) is 20.7. The minimum atomic E-state index is -0.508. The van der Waals surface area contributed by atoms with Crippen molar-refractivity contribution in [1.29, 1.82) is 5.26 Å². The zero-order valence-electron chi connectivity index (χ0n) is 16.4. The van der Waals surface area contributed by atoms with Gasteiger partial charge in [-0.05, 0) is 45.9 Å². The number of hydrogen-bond donors (Lipinski definition) is 0. The Kier molecular flexibility index (Phi) is 7.59. The molecule has 1 heterocycles. The number of nitriles is 1. The molecule has 0 spiro atoms. The molecule has 0 aliphatic rings. The molecular formula is C21H23N3O3S. The van der Waals surface area contributed by atoms with E-state index in [0.29, 0.717) is 17.3 Å². The van der Waals surface area contributed by atoms with Gasteiger partial charge >= 0.3 is 5.97 Å². The molecule has 0 aliphatic heterocycles. The maximum atomic E-state index is 12.9. The Morgan fingerprint density at radius 1 is 1.29 bits per heavy atom. The molecule has 0 fully saturated rings. The molecule has 0 unspecified atom stereocenters. The maximum Gasteiger partial charge on any atom is 0.340 e. The van der Waals surface area contributed by atoms with Gasteiger partial charge in [0.15, 0.2) is 0 Å². The quantitative estimate of drug-likeness (QED) is 0.519. The molecule has 0 saturated heterocycles. The molecule has 1 atom stereocenters. The monoisotopic (exact) mass is 397 g/mol. The van der Waals surface area contributed by atoms with Gasteiger partial charge in [-0.15, -0.1) is 0 Å². The molecular weight excluding hydrogens is 374 g/mol. The van der Waals surface area contributed by atoms with Gasteiger partial charge in [-0.1, -0.05) is 30.0 Å². The van der Waals surface area contributed by atoms with Crippen LogP contribution in [0, 0.1) is 18.3 Å². The Hall–Kier alpha value is -2.85. The molecule has 0 aliphatic carbocycles. The Bertz CT molecular complexity index is 894. The number of aromatic nitrogens is 1. The van der Waals surface area contributed by atoms with E-state index in [9.17, 15) is 14.9 Å². The number of carbonyl (C=O) groups excluding carboxylic acids is 2. The zero-order valence-corrected chi connectivity index (χ0v) is 17.2. The summed E-state index contributed by atoms with van der Waals surface area (Å²) in [6.45, 7) is 7.89. The second-order valence-corrected chi connectivity index (χ2v) is 7.31. The van der Waals surface area contributed by atoms with Crippen LogP contribution in [0.5, 0.6) is 0 Å². The summed E-state index contributed by atoms with van der Waals surface area (Å²) in [7, 11) is 0. The fourth-order valence-electron chi connectivity index (χ4n) is 2.68. The van der Waals surface area contributed by atoms with Crippen molar-refractivity contribution >= 4 is 29.3 Å². The first-order chi connectivity index (χ1) is 13.4. The number of ether oxygens (including phenoxy) is 1. The van der Waals surface area contributed by atoms with Gasteiger partial charge in [0.05, 0.1) is 28.7 Å². The van der Waals surface area contributed by atoms with E-state index >= 15 is 0 Å². The number of hydrogen-bond acceptors (Lipinski definition) is 6. The molecule has 1 aromatic carbocycles. The van der Waals surface area contributed by atoms with Crippen LogP contribution in [0.4, 0.5) is 5.69 Å². The summed E-state index contributed by atoms with van der Waals surface area (Å²) >= 11 is 1.21. The average Bonchev–Trinajstić information content (AvgIpc) is 2.69. The van der Waals surface area contributed by atoms with Gasteiger partial charge in [-0.2, -0.15) is 5.26 Å². The highest BCUT2D eigenvalue weighted by Crippen LogP contribution is 2.29. The first-order valence-electron chi connectivity index (χ1n) is 9.04. The minimum Gasteiger partial charge on any atom is -0.462 e. The predicted octanol–water partition coefficient (Wildman–Crippen LogP) is 3.97. The van der Waals surface area contributed by atoms with Crippen molar-refractivity contribution in [3.8, 4) is 6.07 Å². The van der Waals surface area contributed by atoms with Crippen LogP contribution in [0.3, 0.4) is 0 Å². The van der Waals surface area contributed by atoms with Crippen molar-refractivity contribution in [1.82, 2.24) is 4.98 Å². The van der Waals surface area contributed by atoms with Crippen molar-refractivity contribution < 1.29 is 14.3 Å². The normalized spacial score (nSPS) is 11.4. The second-order valence-electron chi connectivity index (χ2n) is 5.98. The van der Waals surface area contributed by atoms with E-state index < -0.39 is 11.2 Å². The molecule has 146 valence electrons. The van der Waals surface area contributed by atoms with Gasteiger partial charge in [0.2, 0.25) is 5.91 Å². The summed E-state index contributed by atoms with van der Waals surface area (Å²) in [4.78, 5) is 31.1. The van der Waals surface area contributed by atoms with E-state index in [2.05, 4.69) is 11.1 Å². The van der Waals surface area contributed by atoms with Gasteiger partial charge in [0.1, 0.15) is 11.1 Å². The van der Waals surface area contributed by atoms with Gasteiger partial charge < -0.3 is 9.64 Å². The molecule has 0 saturated carbocycles. The molecule has 6 nitrogen and oxygen atoms in total.